The molecule has 1 spiro atoms. The third kappa shape index (κ3) is 4.78. The lowest BCUT2D eigenvalue weighted by molar-refractivity contribution is 0.0938. The Morgan fingerprint density at radius 1 is 1.10 bits per heavy atom. The van der Waals surface area contributed by atoms with E-state index in [4.69, 9.17) is 14.2 Å². The average molecular weight is 544 g/mol. The fourth-order valence-corrected chi connectivity index (χ4v) is 6.10. The third-order valence-corrected chi connectivity index (χ3v) is 8.10. The van der Waals surface area contributed by atoms with Gasteiger partial charge in [-0.05, 0) is 68.4 Å². The molecule has 0 radical (unpaired) electrons. The van der Waals surface area contributed by atoms with Gasteiger partial charge in [-0.1, -0.05) is 33.8 Å². The Balaban J connectivity index is 1.55. The van der Waals surface area contributed by atoms with Gasteiger partial charge in [0.25, 0.3) is 0 Å². The zero-order valence-corrected chi connectivity index (χ0v) is 24.7. The first-order chi connectivity index (χ1) is 19.2. The molecule has 0 bridgehead atoms. The maximum absolute atomic E-state index is 14.1. The van der Waals surface area contributed by atoms with Crippen LogP contribution in [0.1, 0.15) is 87.9 Å². The summed E-state index contributed by atoms with van der Waals surface area (Å²) in [5.41, 5.74) is 5.52. The van der Waals surface area contributed by atoms with Gasteiger partial charge in [-0.15, -0.1) is 0 Å². The topological polar surface area (TPSA) is 75.0 Å². The van der Waals surface area contributed by atoms with Crippen LogP contribution in [-0.4, -0.2) is 50.1 Å². The van der Waals surface area contributed by atoms with E-state index in [2.05, 4.69) is 56.9 Å². The highest BCUT2D eigenvalue weighted by molar-refractivity contribution is 6.00. The molecular formula is C33H41N3O4. The zero-order valence-electron chi connectivity index (χ0n) is 24.7. The van der Waals surface area contributed by atoms with Gasteiger partial charge in [-0.2, -0.15) is 5.26 Å². The molecular weight excluding hydrogens is 502 g/mol. The molecule has 5 rings (SSSR count). The van der Waals surface area contributed by atoms with Gasteiger partial charge in [0.15, 0.2) is 17.3 Å². The highest BCUT2D eigenvalue weighted by atomic mass is 16.5. The molecule has 2 aromatic rings. The SMILES string of the molecule is CCC=C1c2cc(OCC)c(OCC)cc2C2(CC2)N1CC(=O)c1cc2c(c(C(C)(C)C)c1)OCCN2CC#N. The maximum atomic E-state index is 14.1. The third-order valence-electron chi connectivity index (χ3n) is 8.10. The first-order valence-corrected chi connectivity index (χ1v) is 14.6. The van der Waals surface area contributed by atoms with E-state index in [-0.39, 0.29) is 29.8 Å². The summed E-state index contributed by atoms with van der Waals surface area (Å²) in [5, 5.41) is 9.45. The van der Waals surface area contributed by atoms with Crippen LogP contribution in [0, 0.1) is 11.3 Å². The summed E-state index contributed by atoms with van der Waals surface area (Å²) in [6.45, 7) is 15.3. The summed E-state index contributed by atoms with van der Waals surface area (Å²) < 4.78 is 18.1. The monoisotopic (exact) mass is 543 g/mol. The first kappa shape index (κ1) is 27.9. The lowest BCUT2D eigenvalue weighted by Gasteiger charge is -2.34. The number of benzene rings is 2. The van der Waals surface area contributed by atoms with E-state index in [0.29, 0.717) is 31.9 Å². The molecule has 212 valence electrons. The number of Topliss-reactive ketones (excluding diaryl/α,β-unsaturated/α-hetero) is 1. The van der Waals surface area contributed by atoms with E-state index in [0.717, 1.165) is 59.0 Å². The molecule has 1 aliphatic carbocycles. The van der Waals surface area contributed by atoms with Crippen molar-refractivity contribution in [3.63, 3.8) is 0 Å². The number of ketones is 1. The Labute approximate surface area is 238 Å². The number of hydrogen-bond donors (Lipinski definition) is 0. The molecule has 7 nitrogen and oxygen atoms in total. The molecule has 2 aliphatic heterocycles. The van der Waals surface area contributed by atoms with Crippen LogP contribution in [0.15, 0.2) is 30.3 Å². The van der Waals surface area contributed by atoms with Crippen molar-refractivity contribution in [1.82, 2.24) is 4.90 Å². The minimum Gasteiger partial charge on any atom is -0.490 e. The number of hydrogen-bond acceptors (Lipinski definition) is 7. The van der Waals surface area contributed by atoms with Crippen LogP contribution >= 0.6 is 0 Å². The fraction of sp³-hybridized carbons (Fsp3) is 0.515. The van der Waals surface area contributed by atoms with Gasteiger partial charge in [-0.3, -0.25) is 4.79 Å². The Kier molecular flexibility index (Phi) is 7.48. The van der Waals surface area contributed by atoms with E-state index in [1.165, 1.54) is 5.56 Å². The molecule has 2 heterocycles. The lowest BCUT2D eigenvalue weighted by atomic mass is 9.84. The first-order valence-electron chi connectivity index (χ1n) is 14.6. The van der Waals surface area contributed by atoms with Crippen molar-refractivity contribution in [3.8, 4) is 23.3 Å². The fourth-order valence-electron chi connectivity index (χ4n) is 6.10. The summed E-state index contributed by atoms with van der Waals surface area (Å²) in [4.78, 5) is 18.5. The number of rotatable bonds is 9. The molecule has 1 fully saturated rings. The second-order valence-electron chi connectivity index (χ2n) is 11.8. The number of fused-ring (bicyclic) bond motifs is 3. The average Bonchev–Trinajstić information content (AvgIpc) is 3.68. The molecule has 0 atom stereocenters. The number of nitrogens with zero attached hydrogens (tertiary/aromatic N) is 3. The summed E-state index contributed by atoms with van der Waals surface area (Å²) in [6.07, 6.45) is 5.08. The summed E-state index contributed by atoms with van der Waals surface area (Å²) in [6, 6.07) is 10.4. The predicted molar refractivity (Wildman–Crippen MR) is 157 cm³/mol. The van der Waals surface area contributed by atoms with Crippen molar-refractivity contribution in [2.24, 2.45) is 0 Å². The number of anilines is 1. The highest BCUT2D eigenvalue weighted by Gasteiger charge is 2.56. The van der Waals surface area contributed by atoms with Crippen LogP contribution in [0.25, 0.3) is 5.70 Å². The number of ether oxygens (including phenoxy) is 3. The lowest BCUT2D eigenvalue weighted by Crippen LogP contribution is -2.35. The van der Waals surface area contributed by atoms with Crippen molar-refractivity contribution in [3.05, 3.63) is 52.6 Å². The minimum atomic E-state index is -0.226. The van der Waals surface area contributed by atoms with Gasteiger partial charge in [0.1, 0.15) is 18.9 Å². The molecule has 7 heteroatoms. The number of carbonyl (C=O) groups excluding carboxylic acids is 1. The molecule has 1 saturated carbocycles. The second-order valence-corrected chi connectivity index (χ2v) is 11.8. The quantitative estimate of drug-likeness (QED) is 0.266. The largest absolute Gasteiger partial charge is 0.490 e. The molecule has 3 aliphatic rings. The van der Waals surface area contributed by atoms with Crippen molar-refractivity contribution in [2.45, 2.75) is 71.8 Å². The van der Waals surface area contributed by atoms with Gasteiger partial charge in [0.2, 0.25) is 0 Å². The van der Waals surface area contributed by atoms with Gasteiger partial charge in [0, 0.05) is 22.4 Å². The molecule has 0 N–H and O–H groups in total. The van der Waals surface area contributed by atoms with Gasteiger partial charge in [-0.25, -0.2) is 0 Å². The minimum absolute atomic E-state index is 0.0620. The number of allylic oxidation sites excluding steroid dienone is 1. The summed E-state index contributed by atoms with van der Waals surface area (Å²) in [7, 11) is 0. The molecule has 40 heavy (non-hydrogen) atoms. The van der Waals surface area contributed by atoms with Gasteiger partial charge >= 0.3 is 0 Å². The summed E-state index contributed by atoms with van der Waals surface area (Å²) >= 11 is 0. The summed E-state index contributed by atoms with van der Waals surface area (Å²) in [5.74, 6) is 2.36. The van der Waals surface area contributed by atoms with E-state index in [1.807, 2.05) is 30.9 Å². The van der Waals surface area contributed by atoms with E-state index in [1.54, 1.807) is 0 Å². The second kappa shape index (κ2) is 10.7. The molecule has 0 unspecified atom stereocenters. The number of nitriles is 1. The Morgan fingerprint density at radius 2 is 1.80 bits per heavy atom. The van der Waals surface area contributed by atoms with Crippen LogP contribution < -0.4 is 19.1 Å². The van der Waals surface area contributed by atoms with Gasteiger partial charge in [0.05, 0.1) is 43.6 Å². The molecule has 0 aromatic heterocycles. The van der Waals surface area contributed by atoms with Gasteiger partial charge < -0.3 is 24.0 Å². The maximum Gasteiger partial charge on any atom is 0.182 e. The smallest absolute Gasteiger partial charge is 0.182 e. The van der Waals surface area contributed by atoms with Crippen molar-refractivity contribution in [1.29, 1.82) is 5.26 Å². The molecule has 0 saturated heterocycles. The van der Waals surface area contributed by atoms with Crippen LogP contribution in [-0.2, 0) is 11.0 Å². The Morgan fingerprint density at radius 3 is 2.40 bits per heavy atom. The Hall–Kier alpha value is -3.66. The van der Waals surface area contributed by atoms with Crippen LogP contribution in [0.4, 0.5) is 5.69 Å². The number of carbonyl (C=O) groups is 1. The normalized spacial score (nSPS) is 17.8. The van der Waals surface area contributed by atoms with Crippen LogP contribution in [0.5, 0.6) is 17.2 Å². The van der Waals surface area contributed by atoms with E-state index < -0.39 is 0 Å². The van der Waals surface area contributed by atoms with Crippen molar-refractivity contribution in [2.75, 3.05) is 44.4 Å². The van der Waals surface area contributed by atoms with Crippen LogP contribution in [0.3, 0.4) is 0 Å². The van der Waals surface area contributed by atoms with E-state index >= 15 is 0 Å². The van der Waals surface area contributed by atoms with Crippen molar-refractivity contribution >= 4 is 17.2 Å². The highest BCUT2D eigenvalue weighted by Crippen LogP contribution is 2.61. The van der Waals surface area contributed by atoms with E-state index in [9.17, 15) is 10.1 Å². The standard InChI is InChI=1S/C33H41N3O4/c1-7-10-26-23-19-29(38-8-2)30(39-9-3)20-24(23)33(11-12-33)36(26)21-28(37)22-17-25(32(4,5)6)31-27(18-22)35(14-13-34)15-16-40-31/h10,17-20H,7-9,11-12,14-16,21H2,1-6H3. The Bertz CT molecular complexity index is 1380. The molecule has 0 amide bonds. The predicted octanol–water partition coefficient (Wildman–Crippen LogP) is 6.44. The zero-order chi connectivity index (χ0) is 28.7. The van der Waals surface area contributed by atoms with Crippen molar-refractivity contribution < 1.29 is 19.0 Å². The molecule has 2 aromatic carbocycles. The van der Waals surface area contributed by atoms with Crippen LogP contribution in [0.2, 0.25) is 0 Å².